The van der Waals surface area contributed by atoms with E-state index in [-0.39, 0.29) is 23.5 Å². The van der Waals surface area contributed by atoms with Crippen molar-refractivity contribution < 1.29 is 23.1 Å². The first-order valence-corrected chi connectivity index (χ1v) is 13.6. The molecule has 34 heavy (non-hydrogen) atoms. The van der Waals surface area contributed by atoms with Crippen LogP contribution in [0.15, 0.2) is 47.4 Å². The lowest BCUT2D eigenvalue weighted by molar-refractivity contribution is -0.143. The van der Waals surface area contributed by atoms with E-state index < -0.39 is 15.4 Å². The number of carbonyl (C=O) groups is 2. The Labute approximate surface area is 204 Å². The molecule has 180 valence electrons. The van der Waals surface area contributed by atoms with Gasteiger partial charge in [0.1, 0.15) is 5.60 Å². The van der Waals surface area contributed by atoms with Crippen LogP contribution in [0.4, 0.5) is 0 Å². The quantitative estimate of drug-likeness (QED) is 0.655. The molecule has 3 fully saturated rings. The van der Waals surface area contributed by atoms with Crippen LogP contribution in [0.1, 0.15) is 36.0 Å². The van der Waals surface area contributed by atoms with Crippen LogP contribution in [0.5, 0.6) is 0 Å². The second-order valence-corrected chi connectivity index (χ2v) is 12.0. The van der Waals surface area contributed by atoms with Gasteiger partial charge in [-0.25, -0.2) is 8.42 Å². The van der Waals surface area contributed by atoms with Crippen LogP contribution in [-0.2, 0) is 14.6 Å². The molecule has 0 spiro atoms. The van der Waals surface area contributed by atoms with Crippen LogP contribution in [0.3, 0.4) is 0 Å². The zero-order valence-corrected chi connectivity index (χ0v) is 20.3. The molecule has 0 atom stereocenters. The summed E-state index contributed by atoms with van der Waals surface area (Å²) in [6, 6.07) is 11.9. The minimum Gasteiger partial charge on any atom is -0.380 e. The first-order valence-electron chi connectivity index (χ1n) is 11.6. The Morgan fingerprint density at radius 1 is 0.971 bits per heavy atom. The summed E-state index contributed by atoms with van der Waals surface area (Å²) in [5, 5.41) is 10.3. The van der Waals surface area contributed by atoms with E-state index in [1.807, 2.05) is 6.07 Å². The molecule has 1 saturated heterocycles. The number of benzene rings is 2. The number of hydrogen-bond donors (Lipinski definition) is 1. The fourth-order valence-electron chi connectivity index (χ4n) is 4.34. The predicted molar refractivity (Wildman–Crippen MR) is 128 cm³/mol. The number of halogens is 1. The molecule has 2 amide bonds. The number of carbonyl (C=O) groups excluding carboxylic acids is 2. The van der Waals surface area contributed by atoms with Gasteiger partial charge in [-0.05, 0) is 67.0 Å². The monoisotopic (exact) mass is 502 g/mol. The Kier molecular flexibility index (Phi) is 5.94. The van der Waals surface area contributed by atoms with E-state index in [1.54, 1.807) is 46.2 Å². The smallest absolute Gasteiger partial charge is 0.255 e. The Morgan fingerprint density at radius 2 is 1.62 bits per heavy atom. The molecule has 2 aliphatic carbocycles. The van der Waals surface area contributed by atoms with Gasteiger partial charge in [-0.2, -0.15) is 0 Å². The lowest BCUT2D eigenvalue weighted by Crippen LogP contribution is -2.53. The van der Waals surface area contributed by atoms with Gasteiger partial charge in [-0.3, -0.25) is 9.59 Å². The van der Waals surface area contributed by atoms with Crippen LogP contribution >= 0.6 is 11.6 Å². The molecule has 7 nitrogen and oxygen atoms in total. The van der Waals surface area contributed by atoms with Gasteiger partial charge in [0.25, 0.3) is 11.8 Å². The van der Waals surface area contributed by atoms with Crippen molar-refractivity contribution in [3.63, 3.8) is 0 Å². The Morgan fingerprint density at radius 3 is 2.24 bits per heavy atom. The van der Waals surface area contributed by atoms with E-state index in [1.165, 1.54) is 0 Å². The molecule has 0 aromatic heterocycles. The van der Waals surface area contributed by atoms with Crippen LogP contribution in [-0.4, -0.2) is 72.7 Å². The van der Waals surface area contributed by atoms with Crippen LogP contribution in [0.2, 0.25) is 5.02 Å². The van der Waals surface area contributed by atoms with Crippen molar-refractivity contribution in [1.29, 1.82) is 0 Å². The van der Waals surface area contributed by atoms with Gasteiger partial charge in [0.2, 0.25) is 0 Å². The molecule has 3 aliphatic rings. The number of piperazine rings is 1. The molecule has 2 aromatic rings. The van der Waals surface area contributed by atoms with Gasteiger partial charge in [0.15, 0.2) is 9.84 Å². The normalized spacial score (nSPS) is 19.7. The molecule has 1 aliphatic heterocycles. The van der Waals surface area contributed by atoms with E-state index in [4.69, 9.17) is 11.6 Å². The van der Waals surface area contributed by atoms with Crippen LogP contribution < -0.4 is 0 Å². The minimum atomic E-state index is -3.33. The van der Waals surface area contributed by atoms with Gasteiger partial charge in [-0.1, -0.05) is 29.8 Å². The number of aliphatic hydroxyl groups is 1. The average Bonchev–Trinajstić information content (AvgIpc) is 3.77. The van der Waals surface area contributed by atoms with E-state index in [0.717, 1.165) is 24.0 Å². The second-order valence-electron chi connectivity index (χ2n) is 9.56. The summed E-state index contributed by atoms with van der Waals surface area (Å²) in [6.07, 6.45) is 2.94. The Bertz CT molecular complexity index is 1250. The van der Waals surface area contributed by atoms with E-state index >= 15 is 0 Å². The van der Waals surface area contributed by atoms with Crippen molar-refractivity contribution in [2.75, 3.05) is 31.9 Å². The maximum Gasteiger partial charge on any atom is 0.255 e. The van der Waals surface area contributed by atoms with Crippen molar-refractivity contribution in [2.45, 2.75) is 36.2 Å². The highest BCUT2D eigenvalue weighted by molar-refractivity contribution is 7.91. The third kappa shape index (κ3) is 4.72. The molecular formula is C25H27ClN2O5S. The Balaban J connectivity index is 1.28. The van der Waals surface area contributed by atoms with Gasteiger partial charge in [0.05, 0.1) is 21.2 Å². The highest BCUT2D eigenvalue weighted by atomic mass is 35.5. The third-order valence-corrected chi connectivity index (χ3v) is 9.05. The van der Waals surface area contributed by atoms with Gasteiger partial charge in [-0.15, -0.1) is 0 Å². The number of nitrogens with zero attached hydrogens (tertiary/aromatic N) is 2. The van der Waals surface area contributed by atoms with Gasteiger partial charge in [0, 0.05) is 26.2 Å². The molecular weight excluding hydrogens is 476 g/mol. The van der Waals surface area contributed by atoms with Crippen molar-refractivity contribution in [2.24, 2.45) is 5.92 Å². The molecule has 9 heteroatoms. The average molecular weight is 503 g/mol. The van der Waals surface area contributed by atoms with Crippen molar-refractivity contribution in [3.05, 3.63) is 53.1 Å². The first kappa shape index (κ1) is 23.3. The number of rotatable bonds is 6. The van der Waals surface area contributed by atoms with E-state index in [0.29, 0.717) is 54.5 Å². The highest BCUT2D eigenvalue weighted by Gasteiger charge is 2.50. The van der Waals surface area contributed by atoms with Crippen LogP contribution in [0.25, 0.3) is 11.1 Å². The zero-order valence-electron chi connectivity index (χ0n) is 18.7. The largest absolute Gasteiger partial charge is 0.380 e. The zero-order chi connectivity index (χ0) is 24.1. The van der Waals surface area contributed by atoms with Crippen LogP contribution in [0, 0.1) is 5.92 Å². The number of sulfone groups is 1. The molecule has 2 aromatic carbocycles. The maximum atomic E-state index is 13.1. The minimum absolute atomic E-state index is 0.183. The lowest BCUT2D eigenvalue weighted by atomic mass is 10.0. The standard InChI is InChI=1S/C25H27ClN2O5S/c26-22-15-19(18-2-1-3-20(14-18)34(32,33)16-17-4-5-17)6-7-21(22)23(29)27-10-12-28(13-11-27)24(30)25(31)8-9-25/h1-3,6-7,14-15,17,31H,4-5,8-13,16H2. The fourth-order valence-corrected chi connectivity index (χ4v) is 6.34. The fraction of sp³-hybridized carbons (Fsp3) is 0.440. The molecule has 5 rings (SSSR count). The second kappa shape index (κ2) is 8.66. The maximum absolute atomic E-state index is 13.1. The molecule has 1 N–H and O–H groups in total. The number of hydrogen-bond acceptors (Lipinski definition) is 5. The lowest BCUT2D eigenvalue weighted by Gasteiger charge is -2.36. The first-order chi connectivity index (χ1) is 16.2. The van der Waals surface area contributed by atoms with Crippen molar-refractivity contribution in [1.82, 2.24) is 9.80 Å². The Hall–Kier alpha value is -2.42. The summed E-state index contributed by atoms with van der Waals surface area (Å²) in [5.41, 5.74) is 0.629. The number of amides is 2. The molecule has 0 unspecified atom stereocenters. The SMILES string of the molecule is O=C(c1ccc(-c2cccc(S(=O)(=O)CC3CC3)c2)cc1Cl)N1CCN(C(=O)C2(O)CC2)CC1. The topological polar surface area (TPSA) is 95.0 Å². The summed E-state index contributed by atoms with van der Waals surface area (Å²) in [5.74, 6) is -0.00671. The molecule has 0 bridgehead atoms. The summed E-state index contributed by atoms with van der Waals surface area (Å²) >= 11 is 6.48. The van der Waals surface area contributed by atoms with Crippen molar-refractivity contribution >= 4 is 33.3 Å². The summed E-state index contributed by atoms with van der Waals surface area (Å²) in [4.78, 5) is 28.9. The van der Waals surface area contributed by atoms with E-state index in [9.17, 15) is 23.1 Å². The van der Waals surface area contributed by atoms with Gasteiger partial charge < -0.3 is 14.9 Å². The van der Waals surface area contributed by atoms with Crippen molar-refractivity contribution in [3.8, 4) is 11.1 Å². The summed E-state index contributed by atoms with van der Waals surface area (Å²) in [7, 11) is -3.33. The van der Waals surface area contributed by atoms with Gasteiger partial charge >= 0.3 is 0 Å². The predicted octanol–water partition coefficient (Wildman–Crippen LogP) is 3.00. The molecule has 1 heterocycles. The van der Waals surface area contributed by atoms with E-state index in [2.05, 4.69) is 0 Å². The molecule has 2 saturated carbocycles. The highest BCUT2D eigenvalue weighted by Crippen LogP contribution is 2.37. The summed E-state index contributed by atoms with van der Waals surface area (Å²) < 4.78 is 25.3. The third-order valence-electron chi connectivity index (χ3n) is 6.85. The summed E-state index contributed by atoms with van der Waals surface area (Å²) in [6.45, 7) is 1.51. The molecule has 0 radical (unpaired) electrons.